The van der Waals surface area contributed by atoms with Crippen LogP contribution in [-0.2, 0) is 13.1 Å². The molecule has 0 bridgehead atoms. The van der Waals surface area contributed by atoms with Gasteiger partial charge in [-0.1, -0.05) is 12.1 Å². The number of halogens is 1. The summed E-state index contributed by atoms with van der Waals surface area (Å²) in [7, 11) is 0. The van der Waals surface area contributed by atoms with E-state index in [1.54, 1.807) is 11.3 Å². The Morgan fingerprint density at radius 3 is 2.50 bits per heavy atom. The summed E-state index contributed by atoms with van der Waals surface area (Å²) in [5, 5.41) is 20.2. The van der Waals surface area contributed by atoms with E-state index < -0.39 is 0 Å². The summed E-state index contributed by atoms with van der Waals surface area (Å²) in [6.45, 7) is 6.75. The third kappa shape index (κ3) is 6.93. The number of rotatable bonds is 7. The molecule has 28 heavy (non-hydrogen) atoms. The third-order valence-corrected chi connectivity index (χ3v) is 5.71. The lowest BCUT2D eigenvalue weighted by molar-refractivity contribution is 0.203. The van der Waals surface area contributed by atoms with Crippen molar-refractivity contribution in [2.75, 3.05) is 31.1 Å². The van der Waals surface area contributed by atoms with Gasteiger partial charge in [0.25, 0.3) is 0 Å². The fourth-order valence-electron chi connectivity index (χ4n) is 3.28. The zero-order chi connectivity index (χ0) is 18.9. The molecule has 3 rings (SSSR count). The molecule has 1 aromatic heterocycles. The fourth-order valence-corrected chi connectivity index (χ4v) is 3.94. The second-order valence-corrected chi connectivity index (χ2v) is 7.74. The van der Waals surface area contributed by atoms with Crippen LogP contribution in [0.25, 0.3) is 0 Å². The SMILES string of the molecule is CCNC(=NCc1ccsc1)NCc1ccc(N2CCC(CO)CC2)cc1.I. The van der Waals surface area contributed by atoms with Crippen LogP contribution in [0.15, 0.2) is 46.1 Å². The van der Waals surface area contributed by atoms with Gasteiger partial charge >= 0.3 is 0 Å². The van der Waals surface area contributed by atoms with Gasteiger partial charge in [0.15, 0.2) is 5.96 Å². The highest BCUT2D eigenvalue weighted by Gasteiger charge is 2.18. The minimum atomic E-state index is 0. The Kier molecular flexibility index (Phi) is 10.1. The van der Waals surface area contributed by atoms with Gasteiger partial charge in [-0.25, -0.2) is 4.99 Å². The number of hydrogen-bond acceptors (Lipinski definition) is 4. The molecular weight excluding hydrogens is 483 g/mol. The van der Waals surface area contributed by atoms with E-state index in [9.17, 15) is 5.11 Å². The molecule has 1 saturated heterocycles. The molecule has 154 valence electrons. The number of aliphatic hydroxyl groups is 1. The molecule has 1 aromatic carbocycles. The van der Waals surface area contributed by atoms with Crippen LogP contribution in [0.5, 0.6) is 0 Å². The molecule has 2 heterocycles. The molecule has 0 aliphatic carbocycles. The van der Waals surface area contributed by atoms with Crippen molar-refractivity contribution in [2.24, 2.45) is 10.9 Å². The standard InChI is InChI=1S/C21H30N4OS.HI/c1-2-22-21(24-14-19-9-12-27-16-19)23-13-17-3-5-20(6-4-17)25-10-7-18(15-26)8-11-25;/h3-6,9,12,16,18,26H,2,7-8,10-11,13-15H2,1H3,(H2,22,23,24);1H. The van der Waals surface area contributed by atoms with Crippen LogP contribution < -0.4 is 15.5 Å². The van der Waals surface area contributed by atoms with Gasteiger partial charge in [-0.3, -0.25) is 0 Å². The molecular formula is C21H31IN4OS. The lowest BCUT2D eigenvalue weighted by Crippen LogP contribution is -2.36. The molecule has 2 aromatic rings. The molecule has 0 amide bonds. The highest BCUT2D eigenvalue weighted by molar-refractivity contribution is 14.0. The summed E-state index contributed by atoms with van der Waals surface area (Å²) < 4.78 is 0. The Bertz CT molecular complexity index is 698. The predicted octanol–water partition coefficient (Wildman–Crippen LogP) is 3.83. The molecule has 1 fully saturated rings. The number of nitrogens with one attached hydrogen (secondary N) is 2. The second-order valence-electron chi connectivity index (χ2n) is 6.96. The van der Waals surface area contributed by atoms with Gasteiger partial charge in [0, 0.05) is 38.5 Å². The van der Waals surface area contributed by atoms with Crippen LogP contribution in [0.1, 0.15) is 30.9 Å². The molecule has 0 saturated carbocycles. The number of thiophene rings is 1. The highest BCUT2D eigenvalue weighted by atomic mass is 127. The van der Waals surface area contributed by atoms with Crippen molar-refractivity contribution in [1.29, 1.82) is 0 Å². The van der Waals surface area contributed by atoms with E-state index in [0.717, 1.165) is 45.0 Å². The normalized spacial score (nSPS) is 15.2. The number of benzene rings is 1. The monoisotopic (exact) mass is 514 g/mol. The summed E-state index contributed by atoms with van der Waals surface area (Å²) in [4.78, 5) is 7.06. The molecule has 0 unspecified atom stereocenters. The molecule has 0 radical (unpaired) electrons. The van der Waals surface area contributed by atoms with Crippen LogP contribution in [0.2, 0.25) is 0 Å². The number of guanidine groups is 1. The lowest BCUT2D eigenvalue weighted by Gasteiger charge is -2.33. The minimum Gasteiger partial charge on any atom is -0.396 e. The minimum absolute atomic E-state index is 0. The summed E-state index contributed by atoms with van der Waals surface area (Å²) in [5.74, 6) is 1.32. The van der Waals surface area contributed by atoms with Gasteiger partial charge in [0.05, 0.1) is 6.54 Å². The average Bonchev–Trinajstić information content (AvgIpc) is 3.24. The van der Waals surface area contributed by atoms with E-state index in [4.69, 9.17) is 0 Å². The van der Waals surface area contributed by atoms with Gasteiger partial charge in [-0.15, -0.1) is 24.0 Å². The Labute approximate surface area is 189 Å². The largest absolute Gasteiger partial charge is 0.396 e. The molecule has 1 aliphatic heterocycles. The first-order valence-electron chi connectivity index (χ1n) is 9.76. The summed E-state index contributed by atoms with van der Waals surface area (Å²) >= 11 is 1.70. The van der Waals surface area contributed by atoms with Crippen molar-refractivity contribution in [3.63, 3.8) is 0 Å². The maximum absolute atomic E-state index is 9.28. The predicted molar refractivity (Wildman–Crippen MR) is 130 cm³/mol. The quantitative estimate of drug-likeness (QED) is 0.299. The molecule has 7 heteroatoms. The maximum atomic E-state index is 9.28. The summed E-state index contributed by atoms with van der Waals surface area (Å²) in [6.07, 6.45) is 2.15. The van der Waals surface area contributed by atoms with E-state index in [1.807, 2.05) is 0 Å². The summed E-state index contributed by atoms with van der Waals surface area (Å²) in [6, 6.07) is 10.9. The molecule has 3 N–H and O–H groups in total. The molecule has 0 spiro atoms. The third-order valence-electron chi connectivity index (χ3n) is 4.98. The first kappa shape index (κ1) is 23.0. The number of piperidine rings is 1. The van der Waals surface area contributed by atoms with Crippen LogP contribution in [-0.4, -0.2) is 37.3 Å². The highest BCUT2D eigenvalue weighted by Crippen LogP contribution is 2.23. The van der Waals surface area contributed by atoms with Crippen molar-refractivity contribution in [3.8, 4) is 0 Å². The van der Waals surface area contributed by atoms with E-state index in [0.29, 0.717) is 19.1 Å². The number of nitrogens with zero attached hydrogens (tertiary/aromatic N) is 2. The van der Waals surface area contributed by atoms with E-state index in [2.05, 4.69) is 68.5 Å². The fraction of sp³-hybridized carbons (Fsp3) is 0.476. The maximum Gasteiger partial charge on any atom is 0.191 e. The van der Waals surface area contributed by atoms with Gasteiger partial charge < -0.3 is 20.6 Å². The van der Waals surface area contributed by atoms with Crippen molar-refractivity contribution in [1.82, 2.24) is 10.6 Å². The van der Waals surface area contributed by atoms with Crippen molar-refractivity contribution in [3.05, 3.63) is 52.2 Å². The summed E-state index contributed by atoms with van der Waals surface area (Å²) in [5.41, 5.74) is 3.75. The second kappa shape index (κ2) is 12.3. The van der Waals surface area contributed by atoms with Gasteiger partial charge in [-0.05, 0) is 65.8 Å². The topological polar surface area (TPSA) is 59.9 Å². The van der Waals surface area contributed by atoms with Crippen molar-refractivity contribution < 1.29 is 5.11 Å². The zero-order valence-electron chi connectivity index (χ0n) is 16.4. The number of aliphatic hydroxyl groups excluding tert-OH is 1. The van der Waals surface area contributed by atoms with E-state index in [1.165, 1.54) is 16.8 Å². The first-order valence-corrected chi connectivity index (χ1v) is 10.7. The van der Waals surface area contributed by atoms with E-state index >= 15 is 0 Å². The van der Waals surface area contributed by atoms with Gasteiger partial charge in [0.1, 0.15) is 0 Å². The smallest absolute Gasteiger partial charge is 0.191 e. The molecule has 0 atom stereocenters. The van der Waals surface area contributed by atoms with Crippen LogP contribution in [0.3, 0.4) is 0 Å². The lowest BCUT2D eigenvalue weighted by atomic mass is 9.97. The Morgan fingerprint density at radius 2 is 1.89 bits per heavy atom. The molecule has 5 nitrogen and oxygen atoms in total. The Hall–Kier alpha value is -1.32. The first-order chi connectivity index (χ1) is 13.3. The number of hydrogen-bond donors (Lipinski definition) is 3. The Morgan fingerprint density at radius 1 is 1.14 bits per heavy atom. The van der Waals surface area contributed by atoms with Crippen molar-refractivity contribution >= 4 is 47.0 Å². The molecule has 1 aliphatic rings. The van der Waals surface area contributed by atoms with Crippen LogP contribution in [0, 0.1) is 5.92 Å². The van der Waals surface area contributed by atoms with Crippen molar-refractivity contribution in [2.45, 2.75) is 32.9 Å². The zero-order valence-corrected chi connectivity index (χ0v) is 19.6. The van der Waals surface area contributed by atoms with Gasteiger partial charge in [0.2, 0.25) is 0 Å². The average molecular weight is 514 g/mol. The van der Waals surface area contributed by atoms with E-state index in [-0.39, 0.29) is 24.0 Å². The number of aliphatic imine (C=N–C) groups is 1. The van der Waals surface area contributed by atoms with Gasteiger partial charge in [-0.2, -0.15) is 11.3 Å². The number of anilines is 1. The van der Waals surface area contributed by atoms with Crippen LogP contribution in [0.4, 0.5) is 5.69 Å². The Balaban J connectivity index is 0.00000280. The van der Waals surface area contributed by atoms with Crippen LogP contribution >= 0.6 is 35.3 Å².